The van der Waals surface area contributed by atoms with E-state index in [0.29, 0.717) is 11.7 Å². The molecule has 1 saturated carbocycles. The Balaban J connectivity index is 1.68. The lowest BCUT2D eigenvalue weighted by Crippen LogP contribution is -2.35. The fourth-order valence-corrected chi connectivity index (χ4v) is 2.86. The molecule has 2 aromatic rings. The molecule has 0 saturated heterocycles. The lowest BCUT2D eigenvalue weighted by atomic mass is 9.79. The summed E-state index contributed by atoms with van der Waals surface area (Å²) in [5.74, 6) is -0.134. The molecule has 1 aromatic heterocycles. The number of rotatable bonds is 5. The first-order valence-electron chi connectivity index (χ1n) is 7.50. The highest BCUT2D eigenvalue weighted by Crippen LogP contribution is 2.28. The minimum atomic E-state index is -5.08. The molecule has 1 aromatic carbocycles. The molecule has 0 N–H and O–H groups in total. The molecule has 1 heterocycles. The third kappa shape index (κ3) is 3.29. The van der Waals surface area contributed by atoms with Gasteiger partial charge in [-0.15, -0.1) is 0 Å². The molecule has 0 bridgehead atoms. The van der Waals surface area contributed by atoms with E-state index in [1.165, 1.54) is 31.0 Å². The molecule has 22 heavy (non-hydrogen) atoms. The summed E-state index contributed by atoms with van der Waals surface area (Å²) >= 11 is 0. The largest absolute Gasteiger partial charge is 0.513 e. The second kappa shape index (κ2) is 6.06. The van der Waals surface area contributed by atoms with Crippen LogP contribution in [0.25, 0.3) is 0 Å². The summed E-state index contributed by atoms with van der Waals surface area (Å²) in [4.78, 5) is 0. The van der Waals surface area contributed by atoms with E-state index in [1.807, 2.05) is 10.9 Å². The molecule has 7 heteroatoms. The van der Waals surface area contributed by atoms with E-state index in [9.17, 15) is 12.9 Å². The van der Waals surface area contributed by atoms with Crippen molar-refractivity contribution in [3.05, 3.63) is 42.2 Å². The van der Waals surface area contributed by atoms with Gasteiger partial charge in [0.25, 0.3) is 0 Å². The first kappa shape index (κ1) is 15.0. The van der Waals surface area contributed by atoms with E-state index in [2.05, 4.69) is 5.10 Å². The maximum Gasteiger partial charge on any atom is 0.513 e. The van der Waals surface area contributed by atoms with Crippen LogP contribution in [0.2, 0.25) is 0 Å². The molecule has 1 aliphatic rings. The van der Waals surface area contributed by atoms with Gasteiger partial charge in [0, 0.05) is 6.20 Å². The summed E-state index contributed by atoms with van der Waals surface area (Å²) in [6, 6.07) is 7.52. The number of aromatic nitrogens is 2. The number of hydrogen-bond acceptors (Lipinski definition) is 2. The number of benzene rings is 1. The van der Waals surface area contributed by atoms with Crippen molar-refractivity contribution in [2.45, 2.75) is 38.3 Å². The van der Waals surface area contributed by atoms with E-state index in [-0.39, 0.29) is 12.4 Å². The van der Waals surface area contributed by atoms with Crippen LogP contribution in [-0.4, -0.2) is 16.8 Å². The van der Waals surface area contributed by atoms with Crippen LogP contribution in [0, 0.1) is 0 Å². The van der Waals surface area contributed by atoms with Crippen LogP contribution >= 0.6 is 0 Å². The number of hydrogen-bond donors (Lipinski definition) is 0. The molecule has 1 fully saturated rings. The molecule has 0 aliphatic heterocycles. The highest BCUT2D eigenvalue weighted by Gasteiger charge is 2.29. The van der Waals surface area contributed by atoms with E-state index in [4.69, 9.17) is 4.74 Å². The molecular weight excluding hydrogens is 292 g/mol. The highest BCUT2D eigenvalue weighted by molar-refractivity contribution is 6.74. The minimum Gasteiger partial charge on any atom is -0.490 e. The molecule has 0 spiro atoms. The lowest BCUT2D eigenvalue weighted by Gasteiger charge is -2.19. The van der Waals surface area contributed by atoms with E-state index >= 15 is 0 Å². The smallest absolute Gasteiger partial charge is 0.490 e. The van der Waals surface area contributed by atoms with Gasteiger partial charge in [0.15, 0.2) is 0 Å². The molecule has 0 radical (unpaired) electrons. The quantitative estimate of drug-likeness (QED) is 0.789. The van der Waals surface area contributed by atoms with Crippen molar-refractivity contribution >= 4 is 12.4 Å². The van der Waals surface area contributed by atoms with Gasteiger partial charge in [-0.25, -0.2) is 0 Å². The SMILES string of the molecule is F[B-](F)(F)c1ccccc1OCc1ccn(C2CCCC2)n1. The Labute approximate surface area is 127 Å². The zero-order chi connectivity index (χ0) is 15.6. The van der Waals surface area contributed by atoms with Crippen molar-refractivity contribution < 1.29 is 17.7 Å². The zero-order valence-corrected chi connectivity index (χ0v) is 12.1. The van der Waals surface area contributed by atoms with Gasteiger partial charge >= 0.3 is 6.98 Å². The summed E-state index contributed by atoms with van der Waals surface area (Å²) in [5.41, 5.74) is -0.0471. The molecule has 3 rings (SSSR count). The molecule has 3 nitrogen and oxygen atoms in total. The van der Waals surface area contributed by atoms with E-state index < -0.39 is 12.4 Å². The Morgan fingerprint density at radius 1 is 1.14 bits per heavy atom. The van der Waals surface area contributed by atoms with Gasteiger partial charge in [-0.1, -0.05) is 36.5 Å². The van der Waals surface area contributed by atoms with Gasteiger partial charge in [0.2, 0.25) is 0 Å². The Kier molecular flexibility index (Phi) is 4.13. The van der Waals surface area contributed by atoms with Crippen LogP contribution in [0.1, 0.15) is 37.4 Å². The van der Waals surface area contributed by atoms with Crippen molar-refractivity contribution in [2.24, 2.45) is 0 Å². The van der Waals surface area contributed by atoms with Crippen LogP contribution in [0.5, 0.6) is 5.75 Å². The fourth-order valence-electron chi connectivity index (χ4n) is 2.86. The topological polar surface area (TPSA) is 27.1 Å². The van der Waals surface area contributed by atoms with Crippen molar-refractivity contribution in [3.8, 4) is 5.75 Å². The second-order valence-corrected chi connectivity index (χ2v) is 5.63. The van der Waals surface area contributed by atoms with Crippen LogP contribution in [0.3, 0.4) is 0 Å². The monoisotopic (exact) mass is 309 g/mol. The minimum absolute atomic E-state index is 0.0445. The average Bonchev–Trinajstić information content (AvgIpc) is 3.15. The third-order valence-electron chi connectivity index (χ3n) is 4.01. The molecule has 1 aliphatic carbocycles. The normalized spacial score (nSPS) is 16.1. The molecule has 0 atom stereocenters. The molecule has 118 valence electrons. The number of para-hydroxylation sites is 1. The van der Waals surface area contributed by atoms with Crippen LogP contribution in [-0.2, 0) is 6.61 Å². The second-order valence-electron chi connectivity index (χ2n) is 5.63. The van der Waals surface area contributed by atoms with Crippen molar-refractivity contribution in [3.63, 3.8) is 0 Å². The van der Waals surface area contributed by atoms with Gasteiger partial charge in [-0.2, -0.15) is 5.10 Å². The summed E-state index contributed by atoms with van der Waals surface area (Å²) in [6.45, 7) is -5.03. The highest BCUT2D eigenvalue weighted by atomic mass is 19.4. The number of halogens is 3. The Hall–Kier alpha value is -1.92. The van der Waals surface area contributed by atoms with Gasteiger partial charge in [0.05, 0.1) is 17.5 Å². The van der Waals surface area contributed by atoms with Crippen LogP contribution in [0.4, 0.5) is 12.9 Å². The van der Waals surface area contributed by atoms with E-state index in [1.54, 1.807) is 6.07 Å². The van der Waals surface area contributed by atoms with Crippen molar-refractivity contribution in [1.82, 2.24) is 9.78 Å². The van der Waals surface area contributed by atoms with Gasteiger partial charge in [0.1, 0.15) is 6.61 Å². The predicted octanol–water partition coefficient (Wildman–Crippen LogP) is 3.63. The Morgan fingerprint density at radius 3 is 2.59 bits per heavy atom. The average molecular weight is 309 g/mol. The fraction of sp³-hybridized carbons (Fsp3) is 0.400. The summed E-state index contributed by atoms with van der Waals surface area (Å²) in [6.07, 6.45) is 6.52. The predicted molar refractivity (Wildman–Crippen MR) is 79.2 cm³/mol. The maximum atomic E-state index is 12.9. The van der Waals surface area contributed by atoms with Crippen LogP contribution in [0.15, 0.2) is 36.5 Å². The summed E-state index contributed by atoms with van der Waals surface area (Å²) in [7, 11) is 0. The van der Waals surface area contributed by atoms with Crippen molar-refractivity contribution in [1.29, 1.82) is 0 Å². The van der Waals surface area contributed by atoms with Gasteiger partial charge < -0.3 is 17.7 Å². The van der Waals surface area contributed by atoms with E-state index in [0.717, 1.165) is 18.9 Å². The summed E-state index contributed by atoms with van der Waals surface area (Å²) in [5, 5.41) is 4.41. The zero-order valence-electron chi connectivity index (χ0n) is 12.1. The Morgan fingerprint density at radius 2 is 1.86 bits per heavy atom. The standard InChI is InChI=1S/C15H17BF3N2O/c17-16(18,19)14-7-3-4-8-15(14)22-11-12-9-10-21(20-12)13-5-1-2-6-13/h3-4,7-10,13H,1-2,5-6,11H2/q-1. The third-order valence-corrected chi connectivity index (χ3v) is 4.01. The maximum absolute atomic E-state index is 12.9. The molecule has 0 unspecified atom stereocenters. The first-order chi connectivity index (χ1) is 10.5. The number of ether oxygens (including phenoxy) is 1. The Bertz CT molecular complexity index is 636. The number of nitrogens with zero attached hydrogens (tertiary/aromatic N) is 2. The van der Waals surface area contributed by atoms with Gasteiger partial charge in [-0.3, -0.25) is 4.68 Å². The molecule has 0 amide bonds. The van der Waals surface area contributed by atoms with Gasteiger partial charge in [-0.05, 0) is 25.0 Å². The molecular formula is C15H17BF3N2O-. The lowest BCUT2D eigenvalue weighted by molar-refractivity contribution is 0.298. The first-order valence-corrected chi connectivity index (χ1v) is 7.50. The van der Waals surface area contributed by atoms with Crippen LogP contribution < -0.4 is 10.2 Å². The van der Waals surface area contributed by atoms with Crippen molar-refractivity contribution in [2.75, 3.05) is 0 Å². The summed E-state index contributed by atoms with van der Waals surface area (Å²) < 4.78 is 46.1.